The Bertz CT molecular complexity index is 1080. The first-order valence-corrected chi connectivity index (χ1v) is 12.8. The maximum atomic E-state index is 12.6. The maximum Gasteiger partial charge on any atom is 0.338 e. The normalized spacial score (nSPS) is 18.2. The summed E-state index contributed by atoms with van der Waals surface area (Å²) >= 11 is 1.68. The molecule has 170 valence electrons. The quantitative estimate of drug-likeness (QED) is 0.613. The molecule has 0 radical (unpaired) electrons. The van der Waals surface area contributed by atoms with E-state index in [0.717, 1.165) is 29.2 Å². The number of nitrogens with zero attached hydrogens (tertiary/aromatic N) is 1. The molecule has 1 saturated heterocycles. The Kier molecular flexibility index (Phi) is 7.14. The third-order valence-corrected chi connectivity index (χ3v) is 7.76. The number of sulfonamides is 1. The van der Waals surface area contributed by atoms with E-state index in [2.05, 4.69) is 4.72 Å². The van der Waals surface area contributed by atoms with Crippen molar-refractivity contribution in [3.63, 3.8) is 0 Å². The lowest BCUT2D eigenvalue weighted by molar-refractivity contribution is -0.121. The molecule has 1 atom stereocenters. The van der Waals surface area contributed by atoms with Crippen LogP contribution in [-0.4, -0.2) is 58.5 Å². The first-order valence-electron chi connectivity index (χ1n) is 10.3. The molecule has 1 amide bonds. The highest BCUT2D eigenvalue weighted by Crippen LogP contribution is 2.34. The van der Waals surface area contributed by atoms with Crippen molar-refractivity contribution in [1.82, 2.24) is 4.72 Å². The summed E-state index contributed by atoms with van der Waals surface area (Å²) in [6, 6.07) is 13.0. The number of benzene rings is 2. The number of carbonyl (C=O) groups excluding carboxylic acids is 2. The summed E-state index contributed by atoms with van der Waals surface area (Å²) in [5.41, 5.74) is 0.986. The molecule has 0 aromatic heterocycles. The predicted molar refractivity (Wildman–Crippen MR) is 120 cm³/mol. The van der Waals surface area contributed by atoms with Gasteiger partial charge in [-0.1, -0.05) is 12.1 Å². The number of ether oxygens (including phenoxy) is 2. The molecule has 0 aliphatic carbocycles. The van der Waals surface area contributed by atoms with Gasteiger partial charge in [-0.25, -0.2) is 17.9 Å². The standard InChI is InChI=1S/C22H24N2O6S2/c25-21(24-11-13-31-20-6-2-1-5-19(20)24)15-30-22(26)16-7-9-18(10-8-16)32(27,28)23-14-17-4-3-12-29-17/h1-2,5-10,17,23H,3-4,11-15H2. The van der Waals surface area contributed by atoms with Crippen LogP contribution in [0.4, 0.5) is 5.69 Å². The molecule has 0 bridgehead atoms. The Morgan fingerprint density at radius 2 is 1.94 bits per heavy atom. The van der Waals surface area contributed by atoms with Crippen molar-refractivity contribution in [3.05, 3.63) is 54.1 Å². The van der Waals surface area contributed by atoms with Gasteiger partial charge in [-0.05, 0) is 49.2 Å². The Hall–Kier alpha value is -2.40. The monoisotopic (exact) mass is 476 g/mol. The summed E-state index contributed by atoms with van der Waals surface area (Å²) in [6.45, 7) is 1.02. The van der Waals surface area contributed by atoms with Gasteiger partial charge in [-0.2, -0.15) is 0 Å². The fourth-order valence-electron chi connectivity index (χ4n) is 3.58. The van der Waals surface area contributed by atoms with Crippen LogP contribution in [0, 0.1) is 0 Å². The van der Waals surface area contributed by atoms with Crippen LogP contribution in [0.15, 0.2) is 58.3 Å². The number of rotatable bonds is 7. The van der Waals surface area contributed by atoms with E-state index in [1.165, 1.54) is 24.3 Å². The van der Waals surface area contributed by atoms with Crippen LogP contribution in [-0.2, 0) is 24.3 Å². The van der Waals surface area contributed by atoms with E-state index in [1.54, 1.807) is 16.7 Å². The van der Waals surface area contributed by atoms with E-state index >= 15 is 0 Å². The number of thioether (sulfide) groups is 1. The molecule has 2 aromatic rings. The number of para-hydroxylation sites is 1. The smallest absolute Gasteiger partial charge is 0.338 e. The van der Waals surface area contributed by atoms with Gasteiger partial charge in [0.05, 0.1) is 22.3 Å². The van der Waals surface area contributed by atoms with Gasteiger partial charge >= 0.3 is 5.97 Å². The van der Waals surface area contributed by atoms with Crippen molar-refractivity contribution < 1.29 is 27.5 Å². The van der Waals surface area contributed by atoms with Gasteiger partial charge in [-0.3, -0.25) is 4.79 Å². The highest BCUT2D eigenvalue weighted by molar-refractivity contribution is 7.99. The average molecular weight is 477 g/mol. The SMILES string of the molecule is O=C(OCC(=O)N1CCSc2ccccc21)c1ccc(S(=O)(=O)NCC2CCCO2)cc1. The molecule has 0 spiro atoms. The molecule has 1 fully saturated rings. The summed E-state index contributed by atoms with van der Waals surface area (Å²) in [5.74, 6) is -0.217. The zero-order chi connectivity index (χ0) is 22.6. The first kappa shape index (κ1) is 22.8. The third-order valence-electron chi connectivity index (χ3n) is 5.28. The number of anilines is 1. The van der Waals surface area contributed by atoms with Gasteiger partial charge in [0.25, 0.3) is 5.91 Å². The van der Waals surface area contributed by atoms with Crippen LogP contribution in [0.25, 0.3) is 0 Å². The van der Waals surface area contributed by atoms with Crippen molar-refractivity contribution in [2.75, 3.05) is 37.0 Å². The number of fused-ring (bicyclic) bond motifs is 1. The zero-order valence-corrected chi connectivity index (χ0v) is 19.0. The second kappa shape index (κ2) is 10.0. The lowest BCUT2D eigenvalue weighted by atomic mass is 10.2. The number of hydrogen-bond donors (Lipinski definition) is 1. The van der Waals surface area contributed by atoms with Gasteiger partial charge in [0.1, 0.15) is 0 Å². The predicted octanol–water partition coefficient (Wildman–Crippen LogP) is 2.44. The molecule has 10 heteroatoms. The van der Waals surface area contributed by atoms with E-state index in [-0.39, 0.29) is 35.6 Å². The topological polar surface area (TPSA) is 102 Å². The molecule has 0 saturated carbocycles. The summed E-state index contributed by atoms with van der Waals surface area (Å²) in [4.78, 5) is 27.6. The van der Waals surface area contributed by atoms with Crippen LogP contribution >= 0.6 is 11.8 Å². The minimum atomic E-state index is -3.70. The number of hydrogen-bond acceptors (Lipinski definition) is 7. The summed E-state index contributed by atoms with van der Waals surface area (Å²) in [6.07, 6.45) is 1.64. The summed E-state index contributed by atoms with van der Waals surface area (Å²) in [7, 11) is -3.70. The van der Waals surface area contributed by atoms with E-state index in [4.69, 9.17) is 9.47 Å². The Morgan fingerprint density at radius 3 is 2.69 bits per heavy atom. The fraction of sp³-hybridized carbons (Fsp3) is 0.364. The van der Waals surface area contributed by atoms with E-state index in [9.17, 15) is 18.0 Å². The van der Waals surface area contributed by atoms with Gasteiger partial charge in [0.2, 0.25) is 10.0 Å². The van der Waals surface area contributed by atoms with Crippen LogP contribution < -0.4 is 9.62 Å². The lowest BCUT2D eigenvalue weighted by Gasteiger charge is -2.28. The minimum absolute atomic E-state index is 0.0468. The second-order valence-corrected chi connectivity index (χ2v) is 10.4. The zero-order valence-electron chi connectivity index (χ0n) is 17.4. The molecule has 2 aliphatic rings. The molecule has 4 rings (SSSR count). The molecule has 2 aliphatic heterocycles. The lowest BCUT2D eigenvalue weighted by Crippen LogP contribution is -2.38. The minimum Gasteiger partial charge on any atom is -0.452 e. The highest BCUT2D eigenvalue weighted by Gasteiger charge is 2.24. The Balaban J connectivity index is 1.32. The van der Waals surface area contributed by atoms with Crippen LogP contribution in [0.2, 0.25) is 0 Å². The van der Waals surface area contributed by atoms with Gasteiger partial charge in [-0.15, -0.1) is 11.8 Å². The number of carbonyl (C=O) groups is 2. The van der Waals surface area contributed by atoms with Crippen LogP contribution in [0.5, 0.6) is 0 Å². The molecule has 32 heavy (non-hydrogen) atoms. The molecule has 2 aromatic carbocycles. The van der Waals surface area contributed by atoms with Crippen molar-refractivity contribution in [2.24, 2.45) is 0 Å². The van der Waals surface area contributed by atoms with Crippen molar-refractivity contribution >= 4 is 39.3 Å². The fourth-order valence-corrected chi connectivity index (χ4v) is 5.64. The van der Waals surface area contributed by atoms with Gasteiger partial charge in [0, 0.05) is 30.3 Å². The van der Waals surface area contributed by atoms with Crippen molar-refractivity contribution in [1.29, 1.82) is 0 Å². The molecular formula is C22H24N2O6S2. The largest absolute Gasteiger partial charge is 0.452 e. The highest BCUT2D eigenvalue weighted by atomic mass is 32.2. The van der Waals surface area contributed by atoms with Crippen molar-refractivity contribution in [3.8, 4) is 0 Å². The maximum absolute atomic E-state index is 12.6. The molecule has 2 heterocycles. The van der Waals surface area contributed by atoms with Crippen LogP contribution in [0.3, 0.4) is 0 Å². The Labute approximate surface area is 191 Å². The second-order valence-electron chi connectivity index (χ2n) is 7.45. The summed E-state index contributed by atoms with van der Waals surface area (Å²) < 4.78 is 38.0. The van der Waals surface area contributed by atoms with Crippen molar-refractivity contribution in [2.45, 2.75) is 28.7 Å². The van der Waals surface area contributed by atoms with Gasteiger partial charge < -0.3 is 14.4 Å². The van der Waals surface area contributed by atoms with E-state index < -0.39 is 16.0 Å². The molecule has 1 unspecified atom stereocenters. The van der Waals surface area contributed by atoms with E-state index in [0.29, 0.717) is 13.2 Å². The average Bonchev–Trinajstić information content (AvgIpc) is 3.35. The van der Waals surface area contributed by atoms with Gasteiger partial charge in [0.15, 0.2) is 6.61 Å². The molecular weight excluding hydrogens is 452 g/mol. The summed E-state index contributed by atoms with van der Waals surface area (Å²) in [5, 5.41) is 0. The number of nitrogens with one attached hydrogen (secondary N) is 1. The first-order chi connectivity index (χ1) is 15.4. The molecule has 1 N–H and O–H groups in total. The van der Waals surface area contributed by atoms with E-state index in [1.807, 2.05) is 24.3 Å². The number of esters is 1. The Morgan fingerprint density at radius 1 is 1.16 bits per heavy atom. The third kappa shape index (κ3) is 5.32. The molecule has 8 nitrogen and oxygen atoms in total. The number of amides is 1. The van der Waals surface area contributed by atoms with Crippen LogP contribution in [0.1, 0.15) is 23.2 Å².